The lowest BCUT2D eigenvalue weighted by Crippen LogP contribution is -2.04. The fourth-order valence-corrected chi connectivity index (χ4v) is 3.12. The van der Waals surface area contributed by atoms with Gasteiger partial charge in [0.2, 0.25) is 0 Å². The maximum absolute atomic E-state index is 12.4. The fraction of sp³-hybridized carbons (Fsp3) is 0.167. The summed E-state index contributed by atoms with van der Waals surface area (Å²) in [6.45, 7) is 0. The van der Waals surface area contributed by atoms with Crippen molar-refractivity contribution in [3.05, 3.63) is 60.4 Å². The number of aromatic nitrogens is 3. The van der Waals surface area contributed by atoms with E-state index in [1.807, 2.05) is 28.8 Å². The second kappa shape index (κ2) is 7.85. The van der Waals surface area contributed by atoms with Crippen molar-refractivity contribution in [2.24, 2.45) is 0 Å². The molecule has 1 aromatic heterocycles. The molecule has 0 unspecified atom stereocenters. The normalized spacial score (nSPS) is 10.5. The molecule has 1 heterocycles. The molecule has 0 bridgehead atoms. The van der Waals surface area contributed by atoms with Crippen LogP contribution in [0.1, 0.15) is 10.4 Å². The second-order valence-corrected chi connectivity index (χ2v) is 6.04. The van der Waals surface area contributed by atoms with E-state index in [9.17, 15) is 4.79 Å². The number of methoxy groups -OCH3 is 2. The first-order valence-electron chi connectivity index (χ1n) is 7.56. The van der Waals surface area contributed by atoms with Crippen LogP contribution in [0.3, 0.4) is 0 Å². The molecule has 0 aliphatic rings. The number of thioether (sulfide) groups is 1. The van der Waals surface area contributed by atoms with Gasteiger partial charge in [0.1, 0.15) is 17.8 Å². The van der Waals surface area contributed by atoms with E-state index >= 15 is 0 Å². The molecule has 25 heavy (non-hydrogen) atoms. The van der Waals surface area contributed by atoms with Crippen LogP contribution < -0.4 is 9.47 Å². The van der Waals surface area contributed by atoms with Crippen LogP contribution in [0.5, 0.6) is 11.5 Å². The molecule has 0 spiro atoms. The van der Waals surface area contributed by atoms with Gasteiger partial charge in [0.15, 0.2) is 10.9 Å². The molecule has 0 atom stereocenters. The number of nitrogens with zero attached hydrogens (tertiary/aromatic N) is 3. The highest BCUT2D eigenvalue weighted by Crippen LogP contribution is 2.27. The smallest absolute Gasteiger partial charge is 0.196 e. The zero-order chi connectivity index (χ0) is 17.6. The molecule has 0 saturated carbocycles. The van der Waals surface area contributed by atoms with Crippen LogP contribution in [0.4, 0.5) is 0 Å². The molecule has 0 saturated heterocycles. The van der Waals surface area contributed by atoms with Crippen molar-refractivity contribution in [1.82, 2.24) is 14.8 Å². The lowest BCUT2D eigenvalue weighted by molar-refractivity contribution is 0.102. The molecule has 0 fully saturated rings. The van der Waals surface area contributed by atoms with Crippen molar-refractivity contribution < 1.29 is 14.3 Å². The highest BCUT2D eigenvalue weighted by atomic mass is 32.2. The Kier molecular flexibility index (Phi) is 5.35. The summed E-state index contributed by atoms with van der Waals surface area (Å²) >= 11 is 1.33. The Bertz CT molecular complexity index is 862. The van der Waals surface area contributed by atoms with E-state index in [0.29, 0.717) is 16.5 Å². The quantitative estimate of drug-likeness (QED) is 0.479. The Hall–Kier alpha value is -2.80. The molecule has 0 N–H and O–H groups in total. The summed E-state index contributed by atoms with van der Waals surface area (Å²) in [5.74, 6) is 1.72. The van der Waals surface area contributed by atoms with Crippen molar-refractivity contribution in [1.29, 1.82) is 0 Å². The molecule has 3 aromatic rings. The first-order valence-corrected chi connectivity index (χ1v) is 8.55. The van der Waals surface area contributed by atoms with E-state index in [1.54, 1.807) is 44.8 Å². The van der Waals surface area contributed by atoms with Crippen molar-refractivity contribution in [2.75, 3.05) is 20.0 Å². The molecule has 0 aliphatic carbocycles. The van der Waals surface area contributed by atoms with E-state index in [1.165, 1.54) is 11.8 Å². The number of hydrogen-bond donors (Lipinski definition) is 0. The molecule has 7 heteroatoms. The molecular formula is C18H17N3O3S. The minimum Gasteiger partial charge on any atom is -0.497 e. The average Bonchev–Trinajstić information content (AvgIpc) is 3.14. The van der Waals surface area contributed by atoms with E-state index in [2.05, 4.69) is 10.2 Å². The van der Waals surface area contributed by atoms with Crippen molar-refractivity contribution in [3.63, 3.8) is 0 Å². The number of benzene rings is 2. The van der Waals surface area contributed by atoms with Gasteiger partial charge in [-0.2, -0.15) is 0 Å². The predicted octanol–water partition coefficient (Wildman–Crippen LogP) is 3.26. The lowest BCUT2D eigenvalue weighted by Gasteiger charge is -2.10. The van der Waals surface area contributed by atoms with Crippen LogP contribution in [0.15, 0.2) is 60.0 Å². The molecule has 6 nitrogen and oxygen atoms in total. The first-order chi connectivity index (χ1) is 12.2. The number of Topliss-reactive ketones (excluding diaryl/α,β-unsaturated/α-hetero) is 1. The first kappa shape index (κ1) is 17.0. The number of hydrogen-bond acceptors (Lipinski definition) is 6. The number of rotatable bonds is 7. The lowest BCUT2D eigenvalue weighted by atomic mass is 10.1. The van der Waals surface area contributed by atoms with Crippen molar-refractivity contribution in [2.45, 2.75) is 5.16 Å². The van der Waals surface area contributed by atoms with Gasteiger partial charge in [0, 0.05) is 5.56 Å². The summed E-state index contributed by atoms with van der Waals surface area (Å²) in [7, 11) is 3.21. The Morgan fingerprint density at radius 2 is 1.84 bits per heavy atom. The summed E-state index contributed by atoms with van der Waals surface area (Å²) in [5.41, 5.74) is 1.46. The van der Waals surface area contributed by atoms with Crippen LogP contribution in [0.25, 0.3) is 5.69 Å². The minimum atomic E-state index is 0.0160. The monoisotopic (exact) mass is 355 g/mol. The maximum Gasteiger partial charge on any atom is 0.196 e. The molecule has 0 radical (unpaired) electrons. The van der Waals surface area contributed by atoms with Crippen LogP contribution >= 0.6 is 11.8 Å². The van der Waals surface area contributed by atoms with E-state index in [4.69, 9.17) is 9.47 Å². The topological polar surface area (TPSA) is 66.2 Å². The van der Waals surface area contributed by atoms with E-state index in [0.717, 1.165) is 11.4 Å². The summed E-state index contributed by atoms with van der Waals surface area (Å²) in [6.07, 6.45) is 1.61. The standard InChI is InChI=1S/C18H17N3O3S/c1-23-14-9-7-13(8-10-14)16(22)11-25-18-20-19-12-21(18)15-5-3-4-6-17(15)24-2/h3-10,12H,11H2,1-2H3. The molecule has 128 valence electrons. The summed E-state index contributed by atoms with van der Waals surface area (Å²) in [6, 6.07) is 14.6. The number of ketones is 1. The Labute approximate surface area is 149 Å². The molecular weight excluding hydrogens is 338 g/mol. The largest absolute Gasteiger partial charge is 0.497 e. The van der Waals surface area contributed by atoms with Crippen molar-refractivity contribution in [3.8, 4) is 17.2 Å². The number of carbonyl (C=O) groups excluding carboxylic acids is 1. The molecule has 0 amide bonds. The van der Waals surface area contributed by atoms with E-state index < -0.39 is 0 Å². The average molecular weight is 355 g/mol. The van der Waals surface area contributed by atoms with Gasteiger partial charge in [-0.15, -0.1) is 10.2 Å². The maximum atomic E-state index is 12.4. The van der Waals surface area contributed by atoms with Crippen LogP contribution in [-0.4, -0.2) is 40.5 Å². The van der Waals surface area contributed by atoms with Gasteiger partial charge in [-0.25, -0.2) is 0 Å². The van der Waals surface area contributed by atoms with Gasteiger partial charge in [-0.1, -0.05) is 23.9 Å². The van der Waals surface area contributed by atoms with Gasteiger partial charge in [-0.3, -0.25) is 9.36 Å². The van der Waals surface area contributed by atoms with Gasteiger partial charge in [-0.05, 0) is 36.4 Å². The van der Waals surface area contributed by atoms with Crippen LogP contribution in [-0.2, 0) is 0 Å². The third kappa shape index (κ3) is 3.83. The zero-order valence-electron chi connectivity index (χ0n) is 13.9. The van der Waals surface area contributed by atoms with Gasteiger partial charge in [0.25, 0.3) is 0 Å². The summed E-state index contributed by atoms with van der Waals surface area (Å²) in [4.78, 5) is 12.4. The number of carbonyl (C=O) groups is 1. The van der Waals surface area contributed by atoms with Gasteiger partial charge >= 0.3 is 0 Å². The highest BCUT2D eigenvalue weighted by molar-refractivity contribution is 7.99. The Morgan fingerprint density at radius 1 is 1.08 bits per heavy atom. The SMILES string of the molecule is COc1ccc(C(=O)CSc2nncn2-c2ccccc2OC)cc1. The minimum absolute atomic E-state index is 0.0160. The third-order valence-electron chi connectivity index (χ3n) is 3.61. The number of ether oxygens (including phenoxy) is 2. The van der Waals surface area contributed by atoms with Gasteiger partial charge < -0.3 is 9.47 Å². The molecule has 0 aliphatic heterocycles. The van der Waals surface area contributed by atoms with Gasteiger partial charge in [0.05, 0.1) is 25.7 Å². The van der Waals surface area contributed by atoms with Crippen molar-refractivity contribution >= 4 is 17.5 Å². The third-order valence-corrected chi connectivity index (χ3v) is 4.55. The highest BCUT2D eigenvalue weighted by Gasteiger charge is 2.14. The number of para-hydroxylation sites is 2. The van der Waals surface area contributed by atoms with Crippen LogP contribution in [0, 0.1) is 0 Å². The Morgan fingerprint density at radius 3 is 2.56 bits per heavy atom. The molecule has 2 aromatic carbocycles. The van der Waals surface area contributed by atoms with E-state index in [-0.39, 0.29) is 11.5 Å². The Balaban J connectivity index is 1.74. The predicted molar refractivity (Wildman–Crippen MR) is 96.0 cm³/mol. The zero-order valence-corrected chi connectivity index (χ0v) is 14.7. The second-order valence-electron chi connectivity index (χ2n) is 5.10. The summed E-state index contributed by atoms with van der Waals surface area (Å²) in [5, 5.41) is 8.70. The molecule has 3 rings (SSSR count). The fourth-order valence-electron chi connectivity index (χ4n) is 2.31. The summed E-state index contributed by atoms with van der Waals surface area (Å²) < 4.78 is 12.3. The van der Waals surface area contributed by atoms with Crippen LogP contribution in [0.2, 0.25) is 0 Å².